The molecular formula is C21H27F6N5OS. The number of nitrogens with zero attached hydrogens (tertiary/aromatic N) is 4. The summed E-state index contributed by atoms with van der Waals surface area (Å²) in [6.45, 7) is 4.65. The van der Waals surface area contributed by atoms with Crippen molar-refractivity contribution < 1.29 is 31.1 Å². The van der Waals surface area contributed by atoms with Crippen LogP contribution in [0.5, 0.6) is 0 Å². The molecule has 1 amide bonds. The monoisotopic (exact) mass is 511 g/mol. The lowest BCUT2D eigenvalue weighted by atomic mass is 10.1. The van der Waals surface area contributed by atoms with E-state index in [0.29, 0.717) is 23.8 Å². The van der Waals surface area contributed by atoms with Crippen molar-refractivity contribution in [1.82, 2.24) is 19.7 Å². The molecule has 0 fully saturated rings. The van der Waals surface area contributed by atoms with E-state index in [0.717, 1.165) is 36.8 Å². The topological polar surface area (TPSA) is 63.1 Å². The van der Waals surface area contributed by atoms with Gasteiger partial charge in [-0.3, -0.25) is 9.69 Å². The van der Waals surface area contributed by atoms with Crippen molar-refractivity contribution in [2.45, 2.75) is 63.2 Å². The summed E-state index contributed by atoms with van der Waals surface area (Å²) in [5, 5.41) is 11.0. The maximum Gasteiger partial charge on any atom is 0.416 e. The van der Waals surface area contributed by atoms with Crippen molar-refractivity contribution in [3.63, 3.8) is 0 Å². The van der Waals surface area contributed by atoms with Gasteiger partial charge in [0.15, 0.2) is 11.0 Å². The molecule has 1 N–H and O–H groups in total. The Morgan fingerprint density at radius 1 is 1.06 bits per heavy atom. The van der Waals surface area contributed by atoms with E-state index in [1.165, 1.54) is 0 Å². The van der Waals surface area contributed by atoms with Gasteiger partial charge in [-0.15, -0.1) is 10.2 Å². The molecule has 1 atom stereocenters. The fourth-order valence-electron chi connectivity index (χ4n) is 3.31. The van der Waals surface area contributed by atoms with Gasteiger partial charge in [0.2, 0.25) is 5.91 Å². The van der Waals surface area contributed by atoms with Crippen molar-refractivity contribution in [3.8, 4) is 0 Å². The van der Waals surface area contributed by atoms with Gasteiger partial charge < -0.3 is 9.88 Å². The summed E-state index contributed by atoms with van der Waals surface area (Å²) in [6, 6.07) is 0.959. The fourth-order valence-corrected chi connectivity index (χ4v) is 4.08. The molecule has 0 radical (unpaired) electrons. The van der Waals surface area contributed by atoms with E-state index in [1.807, 2.05) is 37.4 Å². The maximum absolute atomic E-state index is 13.0. The SMILES string of the molecule is CCCCn1c(SCC(=O)Nc2cc(C(F)(F)F)cc(C(F)(F)F)c2)nnc1[C@@H](CC)N(C)C. The van der Waals surface area contributed by atoms with Gasteiger partial charge in [-0.05, 0) is 45.1 Å². The normalized spacial score (nSPS) is 13.4. The lowest BCUT2D eigenvalue weighted by molar-refractivity contribution is -0.143. The highest BCUT2D eigenvalue weighted by Crippen LogP contribution is 2.37. The highest BCUT2D eigenvalue weighted by Gasteiger charge is 2.37. The number of carbonyl (C=O) groups is 1. The van der Waals surface area contributed by atoms with Gasteiger partial charge in [-0.25, -0.2) is 0 Å². The second-order valence-corrected chi connectivity index (χ2v) is 8.81. The summed E-state index contributed by atoms with van der Waals surface area (Å²) in [5.41, 5.74) is -3.58. The van der Waals surface area contributed by atoms with Gasteiger partial charge in [0.05, 0.1) is 22.9 Å². The third-order valence-electron chi connectivity index (χ3n) is 4.99. The predicted molar refractivity (Wildman–Crippen MR) is 117 cm³/mol. The number of anilines is 1. The number of aromatic nitrogens is 3. The molecule has 1 aromatic heterocycles. The number of hydrogen-bond acceptors (Lipinski definition) is 5. The van der Waals surface area contributed by atoms with Crippen LogP contribution in [0.4, 0.5) is 32.0 Å². The highest BCUT2D eigenvalue weighted by molar-refractivity contribution is 7.99. The molecule has 0 aliphatic heterocycles. The molecule has 0 saturated heterocycles. The van der Waals surface area contributed by atoms with Gasteiger partial charge >= 0.3 is 12.4 Å². The number of alkyl halides is 6. The maximum atomic E-state index is 13.0. The first-order valence-electron chi connectivity index (χ1n) is 10.6. The number of unbranched alkanes of at least 4 members (excludes halogenated alkanes) is 1. The van der Waals surface area contributed by atoms with Crippen molar-refractivity contribution in [2.24, 2.45) is 0 Å². The minimum absolute atomic E-state index is 0.00145. The van der Waals surface area contributed by atoms with Crippen LogP contribution in [0.15, 0.2) is 23.4 Å². The average molecular weight is 512 g/mol. The number of rotatable bonds is 10. The third kappa shape index (κ3) is 7.36. The van der Waals surface area contributed by atoms with Crippen LogP contribution in [-0.2, 0) is 23.7 Å². The second kappa shape index (κ2) is 11.4. The fraction of sp³-hybridized carbons (Fsp3) is 0.571. The number of hydrogen-bond donors (Lipinski definition) is 1. The van der Waals surface area contributed by atoms with Crippen LogP contribution in [0.2, 0.25) is 0 Å². The second-order valence-electron chi connectivity index (χ2n) is 7.87. The summed E-state index contributed by atoms with van der Waals surface area (Å²) >= 11 is 1.02. The molecule has 0 aliphatic rings. The molecule has 1 heterocycles. The highest BCUT2D eigenvalue weighted by atomic mass is 32.2. The minimum atomic E-state index is -5.00. The van der Waals surface area contributed by atoms with Gasteiger partial charge in [-0.2, -0.15) is 26.3 Å². The molecule has 0 saturated carbocycles. The van der Waals surface area contributed by atoms with Gasteiger partial charge in [0, 0.05) is 12.2 Å². The molecule has 0 spiro atoms. The lowest BCUT2D eigenvalue weighted by Gasteiger charge is -2.23. The standard InChI is InChI=1S/C21H27F6N5OS/c1-5-7-8-32-18(16(6-2)31(3)4)29-30-19(32)34-12-17(33)28-15-10-13(20(22,23)24)9-14(11-15)21(25,26)27/h9-11,16H,5-8,12H2,1-4H3,(H,28,33)/t16-/m1/s1. The predicted octanol–water partition coefficient (Wildman–Crippen LogP) is 5.86. The van der Waals surface area contributed by atoms with E-state index >= 15 is 0 Å². The molecule has 13 heteroatoms. The quantitative estimate of drug-likeness (QED) is 0.320. The van der Waals surface area contributed by atoms with Crippen LogP contribution in [0.1, 0.15) is 56.1 Å². The third-order valence-corrected chi connectivity index (χ3v) is 5.96. The number of carbonyl (C=O) groups excluding carboxylic acids is 1. The van der Waals surface area contributed by atoms with Crippen molar-refractivity contribution in [3.05, 3.63) is 35.2 Å². The molecule has 6 nitrogen and oxygen atoms in total. The van der Waals surface area contributed by atoms with Gasteiger partial charge in [0.1, 0.15) is 0 Å². The zero-order valence-electron chi connectivity index (χ0n) is 19.2. The molecule has 1 aromatic carbocycles. The first kappa shape index (κ1) is 28.0. The van der Waals surface area contributed by atoms with Gasteiger partial charge in [0.25, 0.3) is 0 Å². The molecule has 0 aliphatic carbocycles. The van der Waals surface area contributed by atoms with Crippen molar-refractivity contribution >= 4 is 23.4 Å². The Morgan fingerprint density at radius 3 is 2.12 bits per heavy atom. The van der Waals surface area contributed by atoms with E-state index in [9.17, 15) is 31.1 Å². The zero-order chi connectivity index (χ0) is 25.7. The molecule has 0 bridgehead atoms. The van der Waals surface area contributed by atoms with Crippen LogP contribution in [0.3, 0.4) is 0 Å². The van der Waals surface area contributed by atoms with Crippen LogP contribution in [-0.4, -0.2) is 45.4 Å². The zero-order valence-corrected chi connectivity index (χ0v) is 20.0. The summed E-state index contributed by atoms with van der Waals surface area (Å²) in [7, 11) is 3.83. The smallest absolute Gasteiger partial charge is 0.325 e. The molecule has 2 rings (SSSR count). The Morgan fingerprint density at radius 2 is 1.65 bits per heavy atom. The summed E-state index contributed by atoms with van der Waals surface area (Å²) in [4.78, 5) is 14.4. The summed E-state index contributed by atoms with van der Waals surface area (Å²) < 4.78 is 80.1. The lowest BCUT2D eigenvalue weighted by Crippen LogP contribution is -2.23. The van der Waals surface area contributed by atoms with E-state index in [2.05, 4.69) is 15.5 Å². The van der Waals surface area contributed by atoms with Crippen LogP contribution >= 0.6 is 11.8 Å². The van der Waals surface area contributed by atoms with Crippen molar-refractivity contribution in [2.75, 3.05) is 25.2 Å². The summed E-state index contributed by atoms with van der Waals surface area (Å²) in [6.07, 6.45) is -7.45. The van der Waals surface area contributed by atoms with Crippen LogP contribution < -0.4 is 5.32 Å². The molecular weight excluding hydrogens is 484 g/mol. The van der Waals surface area contributed by atoms with Gasteiger partial charge in [-0.1, -0.05) is 32.0 Å². The molecule has 34 heavy (non-hydrogen) atoms. The Hall–Kier alpha value is -2.28. The molecule has 190 valence electrons. The Bertz CT molecular complexity index is 941. The van der Waals surface area contributed by atoms with Crippen LogP contribution in [0, 0.1) is 0 Å². The Balaban J connectivity index is 2.21. The Labute approximate surface area is 198 Å². The van der Waals surface area contributed by atoms with Crippen molar-refractivity contribution in [1.29, 1.82) is 0 Å². The number of benzene rings is 1. The first-order valence-corrected chi connectivity index (χ1v) is 11.6. The first-order chi connectivity index (χ1) is 15.8. The molecule has 0 unspecified atom stereocenters. The number of thioether (sulfide) groups is 1. The largest absolute Gasteiger partial charge is 0.416 e. The number of halogens is 6. The summed E-state index contributed by atoms with van der Waals surface area (Å²) in [5.74, 6) is -0.291. The Kier molecular flexibility index (Phi) is 9.40. The van der Waals surface area contributed by atoms with E-state index < -0.39 is 35.1 Å². The van der Waals surface area contributed by atoms with E-state index in [-0.39, 0.29) is 17.9 Å². The number of amides is 1. The average Bonchev–Trinajstić information content (AvgIpc) is 3.11. The van der Waals surface area contributed by atoms with Crippen LogP contribution in [0.25, 0.3) is 0 Å². The number of nitrogens with one attached hydrogen (secondary N) is 1. The van der Waals surface area contributed by atoms with E-state index in [4.69, 9.17) is 0 Å². The van der Waals surface area contributed by atoms with E-state index in [1.54, 1.807) is 0 Å². The minimum Gasteiger partial charge on any atom is -0.325 e. The molecule has 2 aromatic rings.